The van der Waals surface area contributed by atoms with E-state index in [1.165, 1.54) is 6.08 Å². The van der Waals surface area contributed by atoms with Gasteiger partial charge in [0.2, 0.25) is 9.84 Å². The Morgan fingerprint density at radius 3 is 2.23 bits per heavy atom. The first-order chi connectivity index (χ1) is 9.83. The van der Waals surface area contributed by atoms with Crippen LogP contribution in [-0.2, 0) is 14.6 Å². The Morgan fingerprint density at radius 1 is 1.18 bits per heavy atom. The van der Waals surface area contributed by atoms with Crippen LogP contribution in [0.25, 0.3) is 0 Å². The lowest BCUT2D eigenvalue weighted by atomic mass is 10.1. The minimum atomic E-state index is -5.24. The number of ether oxygens (including phenoxy) is 1. The van der Waals surface area contributed by atoms with Gasteiger partial charge in [0.05, 0.1) is 0 Å². The molecule has 1 unspecified atom stereocenters. The summed E-state index contributed by atoms with van der Waals surface area (Å²) in [6.07, 6.45) is -7.07. The molecule has 0 saturated carbocycles. The van der Waals surface area contributed by atoms with Crippen molar-refractivity contribution in [3.63, 3.8) is 0 Å². The predicted octanol–water partition coefficient (Wildman–Crippen LogP) is 1.20. The molecule has 0 aliphatic carbocycles. The van der Waals surface area contributed by atoms with Crippen LogP contribution in [0, 0.1) is 0 Å². The first kappa shape index (κ1) is 18.8. The maximum Gasteiger partial charge on any atom is 0.411 e. The van der Waals surface area contributed by atoms with E-state index in [-0.39, 0.29) is 0 Å². The summed E-state index contributed by atoms with van der Waals surface area (Å²) in [6, 6.07) is 0. The van der Waals surface area contributed by atoms with E-state index in [4.69, 9.17) is 5.73 Å². The smallest absolute Gasteiger partial charge is 0.348 e. The van der Waals surface area contributed by atoms with Crippen molar-refractivity contribution < 1.29 is 39.5 Å². The summed E-state index contributed by atoms with van der Waals surface area (Å²) in [6.45, 7) is -2.69. The van der Waals surface area contributed by atoms with E-state index in [1.54, 1.807) is 0 Å². The second-order valence-electron chi connectivity index (χ2n) is 4.29. The summed E-state index contributed by atoms with van der Waals surface area (Å²) in [7, 11) is -5.24. The quantitative estimate of drug-likeness (QED) is 0.725. The summed E-state index contributed by atoms with van der Waals surface area (Å²) in [5.74, 6) is -2.37. The average molecular weight is 354 g/mol. The molecule has 5 nitrogen and oxygen atoms in total. The third-order valence-corrected chi connectivity index (χ3v) is 4.62. The second kappa shape index (κ2) is 6.08. The fraction of sp³-hybridized carbons (Fsp3) is 0.600. The Bertz CT molecular complexity index is 566. The standard InChI is InChI=1S/C10H12F6N2O3S/c11-8(12,13)5-21-10(7(4-17)2-1-3-18-10)22(19,20)6-9(14,15)16/h1-3,18H,4-6,17H2. The van der Waals surface area contributed by atoms with Crippen LogP contribution in [0.15, 0.2) is 23.9 Å². The summed E-state index contributed by atoms with van der Waals surface area (Å²) < 4.78 is 103. The zero-order valence-corrected chi connectivity index (χ0v) is 11.6. The van der Waals surface area contributed by atoms with Gasteiger partial charge in [0.15, 0.2) is 5.75 Å². The van der Waals surface area contributed by atoms with E-state index in [2.05, 4.69) is 4.74 Å². The summed E-state index contributed by atoms with van der Waals surface area (Å²) in [5, 5.41) is -1.08. The van der Waals surface area contributed by atoms with Crippen molar-refractivity contribution >= 4 is 9.84 Å². The van der Waals surface area contributed by atoms with Crippen LogP contribution in [0.2, 0.25) is 0 Å². The molecule has 22 heavy (non-hydrogen) atoms. The van der Waals surface area contributed by atoms with Crippen LogP contribution < -0.4 is 11.1 Å². The van der Waals surface area contributed by atoms with Gasteiger partial charge in [0, 0.05) is 18.3 Å². The minimum absolute atomic E-state index is 0.469. The highest BCUT2D eigenvalue weighted by Gasteiger charge is 2.54. The molecule has 0 spiro atoms. The lowest BCUT2D eigenvalue weighted by Gasteiger charge is -2.37. The molecule has 1 rings (SSSR count). The summed E-state index contributed by atoms with van der Waals surface area (Å²) in [5.41, 5.74) is 4.76. The van der Waals surface area contributed by atoms with E-state index >= 15 is 0 Å². The number of nitrogens with two attached hydrogens (primary N) is 1. The van der Waals surface area contributed by atoms with E-state index in [0.29, 0.717) is 0 Å². The molecule has 0 aromatic heterocycles. The monoisotopic (exact) mass is 354 g/mol. The molecule has 1 heterocycles. The number of dihydropyridines is 1. The SMILES string of the molecule is NCC1=CC=CNC1(OCC(F)(F)F)S(=O)(=O)CC(F)(F)F. The third-order valence-electron chi connectivity index (χ3n) is 2.54. The van der Waals surface area contributed by atoms with Gasteiger partial charge in [0.25, 0.3) is 5.06 Å². The Kier molecular flexibility index (Phi) is 5.19. The van der Waals surface area contributed by atoms with Gasteiger partial charge < -0.3 is 15.8 Å². The lowest BCUT2D eigenvalue weighted by Crippen LogP contribution is -2.58. The van der Waals surface area contributed by atoms with Gasteiger partial charge in [0.1, 0.15) is 6.61 Å². The van der Waals surface area contributed by atoms with Gasteiger partial charge in [-0.15, -0.1) is 0 Å². The molecule has 1 aliphatic heterocycles. The van der Waals surface area contributed by atoms with Gasteiger partial charge >= 0.3 is 12.4 Å². The summed E-state index contributed by atoms with van der Waals surface area (Å²) in [4.78, 5) is 0. The number of sulfone groups is 1. The van der Waals surface area contributed by atoms with Gasteiger partial charge in [-0.2, -0.15) is 26.3 Å². The van der Waals surface area contributed by atoms with Crippen molar-refractivity contribution in [2.45, 2.75) is 17.4 Å². The number of allylic oxidation sites excluding steroid dienone is 2. The second-order valence-corrected chi connectivity index (χ2v) is 6.39. The molecule has 0 aromatic rings. The Labute approximate surface area is 121 Å². The normalized spacial score (nSPS) is 23.1. The average Bonchev–Trinajstić information content (AvgIpc) is 2.32. The van der Waals surface area contributed by atoms with Crippen LogP contribution in [0.3, 0.4) is 0 Å². The number of hydrogen-bond acceptors (Lipinski definition) is 5. The number of alkyl halides is 6. The molecule has 0 saturated heterocycles. The zero-order valence-electron chi connectivity index (χ0n) is 10.8. The van der Waals surface area contributed by atoms with Crippen molar-refractivity contribution in [1.29, 1.82) is 0 Å². The molecule has 1 atom stereocenters. The minimum Gasteiger partial charge on any atom is -0.348 e. The molecule has 0 radical (unpaired) electrons. The van der Waals surface area contributed by atoms with E-state index in [1.807, 2.05) is 5.32 Å². The molecule has 3 N–H and O–H groups in total. The van der Waals surface area contributed by atoms with E-state index in [9.17, 15) is 34.8 Å². The van der Waals surface area contributed by atoms with E-state index in [0.717, 1.165) is 12.3 Å². The Hall–Kier alpha value is -1.27. The first-order valence-corrected chi connectivity index (χ1v) is 7.32. The van der Waals surface area contributed by atoms with Crippen LogP contribution in [0.1, 0.15) is 0 Å². The highest BCUT2D eigenvalue weighted by Crippen LogP contribution is 2.33. The number of rotatable bonds is 5. The van der Waals surface area contributed by atoms with Gasteiger partial charge in [-0.3, -0.25) is 0 Å². The molecule has 0 fully saturated rings. The summed E-state index contributed by atoms with van der Waals surface area (Å²) >= 11 is 0. The van der Waals surface area contributed by atoms with Crippen molar-refractivity contribution in [1.82, 2.24) is 5.32 Å². The lowest BCUT2D eigenvalue weighted by molar-refractivity contribution is -0.189. The maximum atomic E-state index is 12.4. The van der Waals surface area contributed by atoms with Crippen LogP contribution in [-0.4, -0.2) is 44.7 Å². The fourth-order valence-corrected chi connectivity index (χ4v) is 3.41. The van der Waals surface area contributed by atoms with Crippen molar-refractivity contribution in [2.24, 2.45) is 5.73 Å². The van der Waals surface area contributed by atoms with Gasteiger partial charge in [-0.05, 0) is 6.08 Å². The van der Waals surface area contributed by atoms with Crippen LogP contribution in [0.5, 0.6) is 0 Å². The molecule has 12 heteroatoms. The zero-order chi connectivity index (χ0) is 17.2. The number of nitrogens with one attached hydrogen (secondary N) is 1. The highest BCUT2D eigenvalue weighted by atomic mass is 32.2. The Morgan fingerprint density at radius 2 is 1.77 bits per heavy atom. The predicted molar refractivity (Wildman–Crippen MR) is 64.0 cm³/mol. The van der Waals surface area contributed by atoms with E-state index < -0.39 is 51.7 Å². The molecule has 0 bridgehead atoms. The largest absolute Gasteiger partial charge is 0.411 e. The Balaban J connectivity index is 3.29. The van der Waals surface area contributed by atoms with Crippen molar-refractivity contribution in [3.8, 4) is 0 Å². The van der Waals surface area contributed by atoms with Gasteiger partial charge in [-0.25, -0.2) is 8.42 Å². The number of hydrogen-bond donors (Lipinski definition) is 2. The molecule has 0 amide bonds. The third kappa shape index (κ3) is 4.36. The van der Waals surface area contributed by atoms with Crippen molar-refractivity contribution in [3.05, 3.63) is 23.9 Å². The van der Waals surface area contributed by atoms with Gasteiger partial charge in [-0.1, -0.05) is 6.08 Å². The first-order valence-electron chi connectivity index (χ1n) is 5.67. The maximum absolute atomic E-state index is 12.4. The topological polar surface area (TPSA) is 81.4 Å². The molecule has 0 aromatic carbocycles. The van der Waals surface area contributed by atoms with Crippen molar-refractivity contribution in [2.75, 3.05) is 18.9 Å². The highest BCUT2D eigenvalue weighted by molar-refractivity contribution is 7.92. The molecular formula is C10H12F6N2O3S. The number of halogens is 6. The van der Waals surface area contributed by atoms with Crippen LogP contribution >= 0.6 is 0 Å². The molecule has 128 valence electrons. The molecule has 1 aliphatic rings. The fourth-order valence-electron chi connectivity index (χ4n) is 1.74. The van der Waals surface area contributed by atoms with Crippen LogP contribution in [0.4, 0.5) is 26.3 Å². The molecular weight excluding hydrogens is 342 g/mol.